The first kappa shape index (κ1) is 23.4. The third-order valence-electron chi connectivity index (χ3n) is 5.86. The highest BCUT2D eigenvalue weighted by Gasteiger charge is 2.27. The van der Waals surface area contributed by atoms with Crippen LogP contribution in [0.1, 0.15) is 49.8 Å². The lowest BCUT2D eigenvalue weighted by Crippen LogP contribution is -2.44. The van der Waals surface area contributed by atoms with E-state index in [4.69, 9.17) is 9.73 Å². The van der Waals surface area contributed by atoms with Gasteiger partial charge in [0.15, 0.2) is 5.96 Å². The number of rotatable bonds is 6. The summed E-state index contributed by atoms with van der Waals surface area (Å²) in [6.07, 6.45) is 5.03. The van der Waals surface area contributed by atoms with E-state index in [2.05, 4.69) is 60.7 Å². The first-order valence-electron chi connectivity index (χ1n) is 10.6. The monoisotopic (exact) mass is 500 g/mol. The van der Waals surface area contributed by atoms with Gasteiger partial charge in [-0.15, -0.1) is 24.0 Å². The van der Waals surface area contributed by atoms with Crippen molar-refractivity contribution in [2.24, 2.45) is 10.9 Å². The number of aryl methyl sites for hydroxylation is 1. The van der Waals surface area contributed by atoms with Crippen molar-refractivity contribution < 1.29 is 4.74 Å². The zero-order chi connectivity index (χ0) is 19.1. The predicted octanol–water partition coefficient (Wildman–Crippen LogP) is 3.73. The predicted molar refractivity (Wildman–Crippen MR) is 128 cm³/mol. The molecule has 1 aromatic rings. The molecule has 2 heterocycles. The van der Waals surface area contributed by atoms with E-state index in [1.807, 2.05) is 0 Å². The van der Waals surface area contributed by atoms with Crippen LogP contribution < -0.4 is 10.6 Å². The SMILES string of the molecule is CCNC(=NCC1CCCOC1c1ccc(C)cc1)NCC1CCCN1C.I. The summed E-state index contributed by atoms with van der Waals surface area (Å²) in [7, 11) is 2.22. The van der Waals surface area contributed by atoms with Crippen LogP contribution in [0.3, 0.4) is 0 Å². The summed E-state index contributed by atoms with van der Waals surface area (Å²) in [5.74, 6) is 1.37. The van der Waals surface area contributed by atoms with Gasteiger partial charge in [0.05, 0.1) is 6.10 Å². The molecule has 2 aliphatic rings. The van der Waals surface area contributed by atoms with E-state index < -0.39 is 0 Å². The lowest BCUT2D eigenvalue weighted by molar-refractivity contribution is -0.0250. The van der Waals surface area contributed by atoms with Crippen LogP contribution in [0.4, 0.5) is 0 Å². The Bertz CT molecular complexity index is 607. The van der Waals surface area contributed by atoms with Crippen LogP contribution in [0.15, 0.2) is 29.3 Å². The molecule has 158 valence electrons. The Balaban J connectivity index is 0.00000280. The number of nitrogens with one attached hydrogen (secondary N) is 2. The third-order valence-corrected chi connectivity index (χ3v) is 5.86. The molecule has 2 N–H and O–H groups in total. The van der Waals surface area contributed by atoms with Crippen LogP contribution in [-0.2, 0) is 4.74 Å². The van der Waals surface area contributed by atoms with E-state index in [9.17, 15) is 0 Å². The van der Waals surface area contributed by atoms with E-state index in [-0.39, 0.29) is 30.1 Å². The first-order valence-corrected chi connectivity index (χ1v) is 10.6. The average Bonchev–Trinajstić information content (AvgIpc) is 3.10. The van der Waals surface area contributed by atoms with Crippen molar-refractivity contribution in [2.45, 2.75) is 51.7 Å². The number of likely N-dealkylation sites (N-methyl/N-ethyl adjacent to an activating group) is 1. The van der Waals surface area contributed by atoms with Crippen molar-refractivity contribution in [2.75, 3.05) is 39.8 Å². The summed E-state index contributed by atoms with van der Waals surface area (Å²) in [4.78, 5) is 7.36. The Morgan fingerprint density at radius 2 is 1.96 bits per heavy atom. The maximum atomic E-state index is 6.15. The molecule has 28 heavy (non-hydrogen) atoms. The van der Waals surface area contributed by atoms with Crippen molar-refractivity contribution in [1.82, 2.24) is 15.5 Å². The molecule has 2 aliphatic heterocycles. The zero-order valence-corrected chi connectivity index (χ0v) is 19.9. The largest absolute Gasteiger partial charge is 0.373 e. The molecule has 3 atom stereocenters. The fourth-order valence-electron chi connectivity index (χ4n) is 4.16. The van der Waals surface area contributed by atoms with Gasteiger partial charge in [-0.2, -0.15) is 0 Å². The third kappa shape index (κ3) is 6.59. The van der Waals surface area contributed by atoms with Gasteiger partial charge in [-0.3, -0.25) is 4.99 Å². The standard InChI is InChI=1S/C22H36N4O.HI/c1-4-23-22(25-16-20-8-5-13-26(20)3)24-15-19-7-6-14-27-21(19)18-11-9-17(2)10-12-18;/h9-12,19-21H,4-8,13-16H2,1-3H3,(H2,23,24,25);1H. The number of benzene rings is 1. The van der Waals surface area contributed by atoms with Gasteiger partial charge in [-0.05, 0) is 58.7 Å². The molecular weight excluding hydrogens is 463 g/mol. The molecule has 1 aromatic carbocycles. The molecule has 3 rings (SSSR count). The molecule has 0 amide bonds. The highest BCUT2D eigenvalue weighted by Crippen LogP contribution is 2.33. The van der Waals surface area contributed by atoms with Crippen molar-refractivity contribution in [3.8, 4) is 0 Å². The van der Waals surface area contributed by atoms with Gasteiger partial charge in [0.2, 0.25) is 0 Å². The Kier molecular flexibility index (Phi) is 10.0. The number of aliphatic imine (C=N–C) groups is 1. The molecule has 0 bridgehead atoms. The number of ether oxygens (including phenoxy) is 1. The molecule has 0 aromatic heterocycles. The molecule has 2 saturated heterocycles. The average molecular weight is 500 g/mol. The number of guanidine groups is 1. The van der Waals surface area contributed by atoms with Crippen molar-refractivity contribution in [3.63, 3.8) is 0 Å². The second kappa shape index (κ2) is 12.0. The fourth-order valence-corrected chi connectivity index (χ4v) is 4.16. The van der Waals surface area contributed by atoms with Gasteiger partial charge in [-0.25, -0.2) is 0 Å². The van der Waals surface area contributed by atoms with Crippen LogP contribution >= 0.6 is 24.0 Å². The van der Waals surface area contributed by atoms with Crippen LogP contribution in [0.5, 0.6) is 0 Å². The molecule has 0 saturated carbocycles. The normalized spacial score (nSPS) is 26.0. The van der Waals surface area contributed by atoms with Gasteiger partial charge in [0.1, 0.15) is 0 Å². The van der Waals surface area contributed by atoms with Gasteiger partial charge in [0.25, 0.3) is 0 Å². The van der Waals surface area contributed by atoms with Gasteiger partial charge >= 0.3 is 0 Å². The van der Waals surface area contributed by atoms with E-state index in [0.29, 0.717) is 12.0 Å². The number of hydrogen-bond donors (Lipinski definition) is 2. The van der Waals surface area contributed by atoms with E-state index >= 15 is 0 Å². The second-order valence-corrected chi connectivity index (χ2v) is 7.98. The fraction of sp³-hybridized carbons (Fsp3) is 0.682. The maximum Gasteiger partial charge on any atom is 0.191 e. The summed E-state index contributed by atoms with van der Waals surface area (Å²) < 4.78 is 6.15. The Morgan fingerprint density at radius 1 is 1.18 bits per heavy atom. The van der Waals surface area contributed by atoms with Crippen LogP contribution in [-0.4, -0.2) is 56.7 Å². The Labute approximate surface area is 187 Å². The molecule has 0 aliphatic carbocycles. The number of likely N-dealkylation sites (tertiary alicyclic amines) is 1. The smallest absolute Gasteiger partial charge is 0.191 e. The van der Waals surface area contributed by atoms with E-state index in [1.165, 1.54) is 36.9 Å². The summed E-state index contributed by atoms with van der Waals surface area (Å²) in [6.45, 7) is 8.96. The minimum absolute atomic E-state index is 0. The quantitative estimate of drug-likeness (QED) is 0.355. The Hall–Kier alpha value is -0.860. The minimum atomic E-state index is 0. The first-order chi connectivity index (χ1) is 13.2. The minimum Gasteiger partial charge on any atom is -0.373 e. The van der Waals surface area contributed by atoms with Gasteiger partial charge in [-0.1, -0.05) is 29.8 Å². The summed E-state index contributed by atoms with van der Waals surface area (Å²) in [6, 6.07) is 9.39. The summed E-state index contributed by atoms with van der Waals surface area (Å²) in [5.41, 5.74) is 2.57. The van der Waals surface area contributed by atoms with Crippen molar-refractivity contribution >= 4 is 29.9 Å². The van der Waals surface area contributed by atoms with Crippen LogP contribution in [0, 0.1) is 12.8 Å². The lowest BCUT2D eigenvalue weighted by Gasteiger charge is -2.31. The maximum absolute atomic E-state index is 6.15. The number of nitrogens with zero attached hydrogens (tertiary/aromatic N) is 2. The molecule has 5 nitrogen and oxygen atoms in total. The molecule has 0 radical (unpaired) electrons. The van der Waals surface area contributed by atoms with Crippen molar-refractivity contribution in [3.05, 3.63) is 35.4 Å². The highest BCUT2D eigenvalue weighted by atomic mass is 127. The van der Waals surface area contributed by atoms with Gasteiger partial charge < -0.3 is 20.3 Å². The van der Waals surface area contributed by atoms with Crippen molar-refractivity contribution in [1.29, 1.82) is 0 Å². The second-order valence-electron chi connectivity index (χ2n) is 7.98. The number of hydrogen-bond acceptors (Lipinski definition) is 3. The van der Waals surface area contributed by atoms with E-state index in [0.717, 1.165) is 38.6 Å². The topological polar surface area (TPSA) is 48.9 Å². The summed E-state index contributed by atoms with van der Waals surface area (Å²) >= 11 is 0. The molecular formula is C22H37IN4O. The van der Waals surface area contributed by atoms with Gasteiger partial charge in [0, 0.05) is 38.2 Å². The molecule has 6 heteroatoms. The Morgan fingerprint density at radius 3 is 2.64 bits per heavy atom. The number of halogens is 1. The molecule has 0 spiro atoms. The van der Waals surface area contributed by atoms with E-state index in [1.54, 1.807) is 0 Å². The van der Waals surface area contributed by atoms with Crippen LogP contribution in [0.2, 0.25) is 0 Å². The molecule has 2 fully saturated rings. The zero-order valence-electron chi connectivity index (χ0n) is 17.6. The summed E-state index contributed by atoms with van der Waals surface area (Å²) in [5, 5.41) is 6.95. The highest BCUT2D eigenvalue weighted by molar-refractivity contribution is 14.0. The molecule has 3 unspecified atom stereocenters. The lowest BCUT2D eigenvalue weighted by atomic mass is 9.89. The van der Waals surface area contributed by atoms with Crippen LogP contribution in [0.25, 0.3) is 0 Å².